The van der Waals surface area contributed by atoms with Crippen LogP contribution < -0.4 is 5.73 Å². The molecule has 3 nitrogen and oxygen atoms in total. The maximum absolute atomic E-state index is 9.67. The maximum Gasteiger partial charge on any atom is 0.0552 e. The monoisotopic (exact) mass is 268 g/mol. The van der Waals surface area contributed by atoms with Crippen LogP contribution in [0, 0.1) is 5.92 Å². The normalized spacial score (nSPS) is 24.1. The van der Waals surface area contributed by atoms with E-state index in [-0.39, 0.29) is 12.1 Å². The number of hydrogen-bond donors (Lipinski definition) is 2. The van der Waals surface area contributed by atoms with E-state index >= 15 is 0 Å². The summed E-state index contributed by atoms with van der Waals surface area (Å²) in [6.45, 7) is 4.28. The van der Waals surface area contributed by atoms with Crippen molar-refractivity contribution in [2.24, 2.45) is 11.7 Å². The van der Waals surface area contributed by atoms with Crippen LogP contribution >= 0.6 is 11.6 Å². The van der Waals surface area contributed by atoms with Crippen LogP contribution in [0.25, 0.3) is 0 Å². The third-order valence-corrected chi connectivity index (χ3v) is 4.21. The predicted molar refractivity (Wildman–Crippen MR) is 74.6 cm³/mol. The minimum Gasteiger partial charge on any atom is -0.393 e. The van der Waals surface area contributed by atoms with Gasteiger partial charge in [0.05, 0.1) is 6.10 Å². The number of benzene rings is 1. The molecule has 0 aromatic heterocycles. The maximum atomic E-state index is 9.67. The van der Waals surface area contributed by atoms with Crippen LogP contribution in [0.3, 0.4) is 0 Å². The highest BCUT2D eigenvalue weighted by atomic mass is 35.5. The Morgan fingerprint density at radius 2 is 2.22 bits per heavy atom. The Kier molecular flexibility index (Phi) is 4.62. The van der Waals surface area contributed by atoms with Gasteiger partial charge in [-0.25, -0.2) is 0 Å². The number of nitrogens with two attached hydrogens (primary N) is 1. The summed E-state index contributed by atoms with van der Waals surface area (Å²) >= 11 is 6.24. The van der Waals surface area contributed by atoms with Crippen LogP contribution in [0.1, 0.15) is 24.9 Å². The Bertz CT molecular complexity index is 397. The minimum atomic E-state index is -0.250. The molecule has 100 valence electrons. The highest BCUT2D eigenvalue weighted by Gasteiger charge is 2.31. The van der Waals surface area contributed by atoms with E-state index in [2.05, 4.69) is 4.90 Å². The molecule has 0 amide bonds. The van der Waals surface area contributed by atoms with Gasteiger partial charge in [-0.15, -0.1) is 0 Å². The third-order valence-electron chi connectivity index (χ3n) is 3.87. The van der Waals surface area contributed by atoms with Gasteiger partial charge in [0.1, 0.15) is 0 Å². The highest BCUT2D eigenvalue weighted by Crippen LogP contribution is 2.31. The number of likely N-dealkylation sites (tertiary alicyclic amines) is 1. The zero-order chi connectivity index (χ0) is 13.1. The molecule has 3 unspecified atom stereocenters. The quantitative estimate of drug-likeness (QED) is 0.879. The van der Waals surface area contributed by atoms with Crippen LogP contribution in [0.2, 0.25) is 5.02 Å². The molecule has 3 atom stereocenters. The zero-order valence-electron chi connectivity index (χ0n) is 10.7. The molecule has 0 bridgehead atoms. The number of nitrogens with zero attached hydrogens (tertiary/aromatic N) is 1. The SMILES string of the molecule is CC(O)C1CCN(C(CN)c2ccccc2Cl)C1. The molecule has 1 aromatic rings. The van der Waals surface area contributed by atoms with Crippen LogP contribution in [0.5, 0.6) is 0 Å². The summed E-state index contributed by atoms with van der Waals surface area (Å²) in [5, 5.41) is 10.4. The van der Waals surface area contributed by atoms with Gasteiger partial charge in [0, 0.05) is 24.2 Å². The molecule has 1 heterocycles. The van der Waals surface area contributed by atoms with Gasteiger partial charge in [-0.1, -0.05) is 29.8 Å². The largest absolute Gasteiger partial charge is 0.393 e. The van der Waals surface area contributed by atoms with Crippen molar-refractivity contribution in [3.05, 3.63) is 34.9 Å². The lowest BCUT2D eigenvalue weighted by molar-refractivity contribution is 0.122. The number of hydrogen-bond acceptors (Lipinski definition) is 3. The van der Waals surface area contributed by atoms with Crippen molar-refractivity contribution in [2.75, 3.05) is 19.6 Å². The van der Waals surface area contributed by atoms with E-state index in [4.69, 9.17) is 17.3 Å². The molecule has 3 N–H and O–H groups in total. The molecule has 2 rings (SSSR count). The molecular formula is C14H21ClN2O. The van der Waals surface area contributed by atoms with Crippen LogP contribution in [-0.2, 0) is 0 Å². The van der Waals surface area contributed by atoms with Crippen molar-refractivity contribution in [3.63, 3.8) is 0 Å². The Morgan fingerprint density at radius 3 is 2.78 bits per heavy atom. The van der Waals surface area contributed by atoms with E-state index < -0.39 is 0 Å². The lowest BCUT2D eigenvalue weighted by Crippen LogP contribution is -2.33. The molecule has 4 heteroatoms. The molecule has 0 aliphatic carbocycles. The summed E-state index contributed by atoms with van der Waals surface area (Å²) in [6, 6.07) is 8.02. The van der Waals surface area contributed by atoms with Gasteiger partial charge in [-0.3, -0.25) is 4.90 Å². The number of aliphatic hydroxyl groups excluding tert-OH is 1. The van der Waals surface area contributed by atoms with Crippen molar-refractivity contribution >= 4 is 11.6 Å². The first kappa shape index (κ1) is 13.8. The fourth-order valence-electron chi connectivity index (χ4n) is 2.71. The highest BCUT2D eigenvalue weighted by molar-refractivity contribution is 6.31. The predicted octanol–water partition coefficient (Wildman–Crippen LogP) is 2.04. The van der Waals surface area contributed by atoms with Gasteiger partial charge in [0.25, 0.3) is 0 Å². The summed E-state index contributed by atoms with van der Waals surface area (Å²) in [5.41, 5.74) is 7.00. The molecule has 0 radical (unpaired) electrons. The lowest BCUT2D eigenvalue weighted by Gasteiger charge is -2.28. The van der Waals surface area contributed by atoms with Crippen LogP contribution in [-0.4, -0.2) is 35.7 Å². The van der Waals surface area contributed by atoms with E-state index in [0.29, 0.717) is 12.5 Å². The van der Waals surface area contributed by atoms with Crippen molar-refractivity contribution < 1.29 is 5.11 Å². The zero-order valence-corrected chi connectivity index (χ0v) is 11.5. The molecule has 18 heavy (non-hydrogen) atoms. The molecule has 1 aromatic carbocycles. The van der Waals surface area contributed by atoms with E-state index in [0.717, 1.165) is 30.1 Å². The van der Waals surface area contributed by atoms with Crippen LogP contribution in [0.4, 0.5) is 0 Å². The second-order valence-electron chi connectivity index (χ2n) is 5.06. The summed E-state index contributed by atoms with van der Waals surface area (Å²) in [5.74, 6) is 0.349. The second-order valence-corrected chi connectivity index (χ2v) is 5.46. The van der Waals surface area contributed by atoms with Crippen LogP contribution in [0.15, 0.2) is 24.3 Å². The number of rotatable bonds is 4. The fraction of sp³-hybridized carbons (Fsp3) is 0.571. The van der Waals surface area contributed by atoms with Crippen molar-refractivity contribution in [1.82, 2.24) is 4.90 Å². The first-order valence-corrected chi connectivity index (χ1v) is 6.88. The molecule has 1 aliphatic rings. The third kappa shape index (κ3) is 2.86. The first-order chi connectivity index (χ1) is 8.63. The molecule has 1 fully saturated rings. The smallest absolute Gasteiger partial charge is 0.0552 e. The minimum absolute atomic E-state index is 0.155. The summed E-state index contributed by atoms with van der Waals surface area (Å²) in [6.07, 6.45) is 0.776. The van der Waals surface area contributed by atoms with Crippen molar-refractivity contribution in [1.29, 1.82) is 0 Å². The molecule has 1 saturated heterocycles. The van der Waals surface area contributed by atoms with Gasteiger partial charge >= 0.3 is 0 Å². The van der Waals surface area contributed by atoms with Gasteiger partial charge in [-0.2, -0.15) is 0 Å². The average molecular weight is 269 g/mol. The fourth-order valence-corrected chi connectivity index (χ4v) is 2.97. The molecule has 0 spiro atoms. The standard InChI is InChI=1S/C14H21ClN2O/c1-10(18)11-6-7-17(9-11)14(8-16)12-4-2-3-5-13(12)15/h2-5,10-11,14,18H,6-9,16H2,1H3. The first-order valence-electron chi connectivity index (χ1n) is 6.50. The lowest BCUT2D eigenvalue weighted by atomic mass is 10.0. The van der Waals surface area contributed by atoms with Crippen molar-refractivity contribution in [3.8, 4) is 0 Å². The molecule has 1 aliphatic heterocycles. The van der Waals surface area contributed by atoms with Gasteiger partial charge < -0.3 is 10.8 Å². The van der Waals surface area contributed by atoms with Crippen molar-refractivity contribution in [2.45, 2.75) is 25.5 Å². The Hall–Kier alpha value is -0.610. The van der Waals surface area contributed by atoms with E-state index in [1.807, 2.05) is 31.2 Å². The molecular weight excluding hydrogens is 248 g/mol. The van der Waals surface area contributed by atoms with E-state index in [1.54, 1.807) is 0 Å². The number of halogens is 1. The Morgan fingerprint density at radius 1 is 1.50 bits per heavy atom. The topological polar surface area (TPSA) is 49.5 Å². The Labute approximate surface area is 114 Å². The summed E-state index contributed by atoms with van der Waals surface area (Å²) in [7, 11) is 0. The van der Waals surface area contributed by atoms with Gasteiger partial charge in [0.2, 0.25) is 0 Å². The van der Waals surface area contributed by atoms with Gasteiger partial charge in [0.15, 0.2) is 0 Å². The van der Waals surface area contributed by atoms with E-state index in [9.17, 15) is 5.11 Å². The Balaban J connectivity index is 2.13. The summed E-state index contributed by atoms with van der Waals surface area (Å²) in [4.78, 5) is 2.33. The summed E-state index contributed by atoms with van der Waals surface area (Å²) < 4.78 is 0. The van der Waals surface area contributed by atoms with E-state index in [1.165, 1.54) is 0 Å². The average Bonchev–Trinajstić information content (AvgIpc) is 2.82. The molecule has 0 saturated carbocycles. The second kappa shape index (κ2) is 6.02. The van der Waals surface area contributed by atoms with Gasteiger partial charge in [-0.05, 0) is 37.4 Å². The number of aliphatic hydroxyl groups is 1.